The van der Waals surface area contributed by atoms with Crippen LogP contribution in [0.25, 0.3) is 17.0 Å². The fourth-order valence-corrected chi connectivity index (χ4v) is 1.82. The predicted molar refractivity (Wildman–Crippen MR) is 61.9 cm³/mol. The van der Waals surface area contributed by atoms with Crippen molar-refractivity contribution in [2.75, 3.05) is 7.11 Å². The van der Waals surface area contributed by atoms with Crippen LogP contribution in [0.5, 0.6) is 5.88 Å². The fourth-order valence-electron chi connectivity index (χ4n) is 1.82. The largest absolute Gasteiger partial charge is 0.481 e. The Morgan fingerprint density at radius 2 is 2.29 bits per heavy atom. The molecule has 0 aromatic carbocycles. The molecular formula is C11H11N5O. The molecule has 3 aromatic heterocycles. The molecule has 0 saturated carbocycles. The molecule has 3 aromatic rings. The molecule has 0 spiro atoms. The maximum Gasteiger partial charge on any atom is 0.216 e. The van der Waals surface area contributed by atoms with E-state index >= 15 is 0 Å². The van der Waals surface area contributed by atoms with Crippen LogP contribution < -0.4 is 4.74 Å². The number of imidazole rings is 1. The van der Waals surface area contributed by atoms with E-state index in [4.69, 9.17) is 4.74 Å². The monoisotopic (exact) mass is 229 g/mol. The average molecular weight is 229 g/mol. The minimum atomic E-state index is 0.560. The van der Waals surface area contributed by atoms with Crippen molar-refractivity contribution in [3.63, 3.8) is 0 Å². The number of aromatic amines is 1. The zero-order valence-electron chi connectivity index (χ0n) is 9.51. The second-order valence-corrected chi connectivity index (χ2v) is 3.64. The van der Waals surface area contributed by atoms with Crippen molar-refractivity contribution in [2.45, 2.75) is 6.92 Å². The fraction of sp³-hybridized carbons (Fsp3) is 0.182. The number of aromatic nitrogens is 5. The lowest BCUT2D eigenvalue weighted by molar-refractivity contribution is 0.398. The van der Waals surface area contributed by atoms with Crippen molar-refractivity contribution in [3.8, 4) is 17.3 Å². The van der Waals surface area contributed by atoms with E-state index < -0.39 is 0 Å². The molecule has 6 heteroatoms. The highest BCUT2D eigenvalue weighted by Crippen LogP contribution is 2.24. The van der Waals surface area contributed by atoms with Crippen LogP contribution in [0.1, 0.15) is 5.69 Å². The number of fused-ring (bicyclic) bond motifs is 1. The molecule has 0 aliphatic heterocycles. The first-order valence-corrected chi connectivity index (χ1v) is 5.19. The molecule has 0 saturated heterocycles. The van der Waals surface area contributed by atoms with Gasteiger partial charge in [0.2, 0.25) is 5.88 Å². The second kappa shape index (κ2) is 3.58. The molecule has 6 nitrogen and oxygen atoms in total. The van der Waals surface area contributed by atoms with Crippen molar-refractivity contribution in [1.29, 1.82) is 0 Å². The molecule has 1 N–H and O–H groups in total. The van der Waals surface area contributed by atoms with E-state index in [1.165, 1.54) is 0 Å². The zero-order chi connectivity index (χ0) is 11.8. The Kier molecular flexibility index (Phi) is 2.07. The highest BCUT2D eigenvalue weighted by molar-refractivity contribution is 5.75. The van der Waals surface area contributed by atoms with Crippen molar-refractivity contribution in [3.05, 3.63) is 30.4 Å². The topological polar surface area (TPSA) is 68.1 Å². The Labute approximate surface area is 97.3 Å². The number of H-pyrrole nitrogens is 1. The van der Waals surface area contributed by atoms with E-state index in [0.29, 0.717) is 5.88 Å². The summed E-state index contributed by atoms with van der Waals surface area (Å²) in [6.07, 6.45) is 5.30. The lowest BCUT2D eigenvalue weighted by atomic mass is 10.2. The Morgan fingerprint density at radius 3 is 3.00 bits per heavy atom. The smallest absolute Gasteiger partial charge is 0.216 e. The molecule has 0 unspecified atom stereocenters. The first kappa shape index (κ1) is 9.83. The third-order valence-corrected chi connectivity index (χ3v) is 2.58. The lowest BCUT2D eigenvalue weighted by Gasteiger charge is -1.99. The van der Waals surface area contributed by atoms with E-state index in [1.54, 1.807) is 30.1 Å². The summed E-state index contributed by atoms with van der Waals surface area (Å²) < 4.78 is 6.84. The van der Waals surface area contributed by atoms with E-state index in [9.17, 15) is 0 Å². The van der Waals surface area contributed by atoms with Gasteiger partial charge in [-0.05, 0) is 6.92 Å². The van der Waals surface area contributed by atoms with Crippen molar-refractivity contribution in [1.82, 2.24) is 24.6 Å². The van der Waals surface area contributed by atoms with Crippen LogP contribution >= 0.6 is 0 Å². The summed E-state index contributed by atoms with van der Waals surface area (Å²) >= 11 is 0. The molecule has 0 bridgehead atoms. The van der Waals surface area contributed by atoms with Crippen molar-refractivity contribution < 1.29 is 4.74 Å². The number of aryl methyl sites for hydroxylation is 1. The van der Waals surface area contributed by atoms with Crippen LogP contribution in [0.2, 0.25) is 0 Å². The number of methoxy groups -OCH3 is 1. The van der Waals surface area contributed by atoms with Gasteiger partial charge < -0.3 is 9.72 Å². The third-order valence-electron chi connectivity index (χ3n) is 2.58. The summed E-state index contributed by atoms with van der Waals surface area (Å²) in [6.45, 7) is 1.93. The van der Waals surface area contributed by atoms with Crippen LogP contribution in [0, 0.1) is 6.92 Å². The van der Waals surface area contributed by atoms with Crippen LogP contribution in [0.15, 0.2) is 24.7 Å². The zero-order valence-corrected chi connectivity index (χ0v) is 9.51. The predicted octanol–water partition coefficient (Wildman–Crippen LogP) is 1.44. The maximum atomic E-state index is 5.12. The molecular weight excluding hydrogens is 218 g/mol. The Morgan fingerprint density at radius 1 is 1.41 bits per heavy atom. The first-order valence-electron chi connectivity index (χ1n) is 5.19. The number of nitrogens with one attached hydrogen (secondary N) is 1. The summed E-state index contributed by atoms with van der Waals surface area (Å²) in [5, 5.41) is 4.38. The number of ether oxygens (including phenoxy) is 1. The summed E-state index contributed by atoms with van der Waals surface area (Å²) in [5.74, 6) is 1.32. The van der Waals surface area contributed by atoms with Crippen LogP contribution in [-0.2, 0) is 0 Å². The van der Waals surface area contributed by atoms with Crippen molar-refractivity contribution in [2.24, 2.45) is 0 Å². The van der Waals surface area contributed by atoms with Gasteiger partial charge in [0, 0.05) is 24.7 Å². The molecule has 0 aliphatic carbocycles. The minimum Gasteiger partial charge on any atom is -0.481 e. The number of nitrogens with zero attached hydrogens (tertiary/aromatic N) is 4. The SMILES string of the molecule is COc1ccn2nc(C)c(-c3ncc[nH]3)c2n1. The van der Waals surface area contributed by atoms with Gasteiger partial charge in [-0.1, -0.05) is 0 Å². The van der Waals surface area contributed by atoms with Gasteiger partial charge in [0.25, 0.3) is 0 Å². The molecule has 3 rings (SSSR count). The van der Waals surface area contributed by atoms with Gasteiger partial charge in [-0.2, -0.15) is 10.1 Å². The number of rotatable bonds is 2. The van der Waals surface area contributed by atoms with Gasteiger partial charge in [0.05, 0.1) is 18.4 Å². The van der Waals surface area contributed by atoms with E-state index in [-0.39, 0.29) is 0 Å². The van der Waals surface area contributed by atoms with E-state index in [2.05, 4.69) is 20.1 Å². The molecule has 0 radical (unpaired) electrons. The quantitative estimate of drug-likeness (QED) is 0.721. The maximum absolute atomic E-state index is 5.12. The van der Waals surface area contributed by atoms with Crippen LogP contribution in [-0.4, -0.2) is 31.7 Å². The van der Waals surface area contributed by atoms with Crippen LogP contribution in [0.4, 0.5) is 0 Å². The molecule has 0 aliphatic rings. The Bertz CT molecular complexity index is 656. The van der Waals surface area contributed by atoms with E-state index in [1.807, 2.05) is 13.1 Å². The summed E-state index contributed by atoms with van der Waals surface area (Å²) in [7, 11) is 1.59. The number of hydrogen-bond donors (Lipinski definition) is 1. The Hall–Kier alpha value is -2.37. The van der Waals surface area contributed by atoms with E-state index in [0.717, 1.165) is 22.7 Å². The molecule has 0 amide bonds. The molecule has 86 valence electrons. The normalized spacial score (nSPS) is 10.9. The minimum absolute atomic E-state index is 0.560. The van der Waals surface area contributed by atoms with Gasteiger partial charge in [-0.15, -0.1) is 0 Å². The molecule has 0 fully saturated rings. The van der Waals surface area contributed by atoms with Crippen LogP contribution in [0.3, 0.4) is 0 Å². The molecule has 17 heavy (non-hydrogen) atoms. The summed E-state index contributed by atoms with van der Waals surface area (Å²) in [6, 6.07) is 1.77. The third kappa shape index (κ3) is 1.45. The standard InChI is InChI=1S/C11H11N5O/c1-7-9(10-12-4-5-13-10)11-14-8(17-2)3-6-16(11)15-7/h3-6H,1-2H3,(H,12,13). The second-order valence-electron chi connectivity index (χ2n) is 3.64. The molecule has 0 atom stereocenters. The van der Waals surface area contributed by atoms with Crippen molar-refractivity contribution >= 4 is 5.65 Å². The van der Waals surface area contributed by atoms with Gasteiger partial charge >= 0.3 is 0 Å². The van der Waals surface area contributed by atoms with Gasteiger partial charge in [0.15, 0.2) is 5.65 Å². The van der Waals surface area contributed by atoms with Gasteiger partial charge in [-0.25, -0.2) is 9.50 Å². The van der Waals surface area contributed by atoms with Gasteiger partial charge in [0.1, 0.15) is 5.82 Å². The first-order chi connectivity index (χ1) is 8.29. The summed E-state index contributed by atoms with van der Waals surface area (Å²) in [4.78, 5) is 11.7. The molecule has 3 heterocycles. The summed E-state index contributed by atoms with van der Waals surface area (Å²) in [5.41, 5.74) is 2.51. The Balaban J connectivity index is 2.32. The highest BCUT2D eigenvalue weighted by Gasteiger charge is 2.15. The van der Waals surface area contributed by atoms with Gasteiger partial charge in [-0.3, -0.25) is 0 Å². The average Bonchev–Trinajstić information content (AvgIpc) is 2.93. The highest BCUT2D eigenvalue weighted by atomic mass is 16.5. The lowest BCUT2D eigenvalue weighted by Crippen LogP contribution is -1.93. The number of hydrogen-bond acceptors (Lipinski definition) is 4.